The molecule has 0 atom stereocenters. The highest BCUT2D eigenvalue weighted by Gasteiger charge is 2.47. The van der Waals surface area contributed by atoms with Crippen LogP contribution in [0, 0.1) is 5.82 Å². The van der Waals surface area contributed by atoms with Gasteiger partial charge in [-0.15, -0.1) is 0 Å². The van der Waals surface area contributed by atoms with Crippen molar-refractivity contribution >= 4 is 17.3 Å². The summed E-state index contributed by atoms with van der Waals surface area (Å²) in [5.74, 6) is -0.276. The van der Waals surface area contributed by atoms with Crippen molar-refractivity contribution in [2.75, 3.05) is 16.8 Å². The van der Waals surface area contributed by atoms with Gasteiger partial charge in [-0.1, -0.05) is 19.3 Å². The van der Waals surface area contributed by atoms with Gasteiger partial charge in [-0.05, 0) is 38.0 Å². The average molecular weight is 262 g/mol. The Morgan fingerprint density at radius 1 is 1.32 bits per heavy atom. The van der Waals surface area contributed by atoms with Crippen LogP contribution in [0.5, 0.6) is 0 Å². The lowest BCUT2D eigenvalue weighted by atomic mass is 9.77. The lowest BCUT2D eigenvalue weighted by Crippen LogP contribution is -2.60. The summed E-state index contributed by atoms with van der Waals surface area (Å²) in [5, 5.41) is 2.90. The molecule has 1 fully saturated rings. The van der Waals surface area contributed by atoms with Crippen LogP contribution < -0.4 is 10.2 Å². The summed E-state index contributed by atoms with van der Waals surface area (Å²) in [6.45, 7) is 2.83. The van der Waals surface area contributed by atoms with E-state index in [9.17, 15) is 9.18 Å². The summed E-state index contributed by atoms with van der Waals surface area (Å²) < 4.78 is 13.3. The number of halogens is 1. The van der Waals surface area contributed by atoms with Crippen LogP contribution in [-0.4, -0.2) is 18.0 Å². The number of amides is 1. The second-order valence-corrected chi connectivity index (χ2v) is 5.45. The summed E-state index contributed by atoms with van der Waals surface area (Å²) in [6, 6.07) is 4.66. The Morgan fingerprint density at radius 2 is 2.05 bits per heavy atom. The normalized spacial score (nSPS) is 21.2. The van der Waals surface area contributed by atoms with Gasteiger partial charge in [0.15, 0.2) is 0 Å². The van der Waals surface area contributed by atoms with Gasteiger partial charge in [0.05, 0.1) is 11.4 Å². The third-order valence-electron chi connectivity index (χ3n) is 4.43. The fraction of sp³-hybridized carbons (Fsp3) is 0.533. The smallest absolute Gasteiger partial charge is 0.250 e. The van der Waals surface area contributed by atoms with Gasteiger partial charge in [-0.3, -0.25) is 4.79 Å². The maximum absolute atomic E-state index is 13.3. The average Bonchev–Trinajstić information content (AvgIpc) is 2.42. The fourth-order valence-electron chi connectivity index (χ4n) is 3.54. The second kappa shape index (κ2) is 4.51. The molecule has 1 spiro atoms. The van der Waals surface area contributed by atoms with Crippen molar-refractivity contribution in [1.29, 1.82) is 0 Å². The molecule has 1 aromatic rings. The Labute approximate surface area is 112 Å². The molecule has 1 amide bonds. The number of likely N-dealkylation sites (N-methyl/N-ethyl adjacent to an activating group) is 1. The molecule has 1 saturated carbocycles. The van der Waals surface area contributed by atoms with E-state index in [-0.39, 0.29) is 11.7 Å². The second-order valence-electron chi connectivity index (χ2n) is 5.45. The lowest BCUT2D eigenvalue weighted by molar-refractivity contribution is -0.122. The maximum atomic E-state index is 13.3. The molecule has 3 rings (SSSR count). The van der Waals surface area contributed by atoms with E-state index in [2.05, 4.69) is 17.1 Å². The quantitative estimate of drug-likeness (QED) is 0.842. The highest BCUT2D eigenvalue weighted by atomic mass is 19.1. The summed E-state index contributed by atoms with van der Waals surface area (Å²) in [6.07, 6.45) is 5.15. The molecule has 0 radical (unpaired) electrons. The van der Waals surface area contributed by atoms with Gasteiger partial charge in [0.25, 0.3) is 0 Å². The topological polar surface area (TPSA) is 32.3 Å². The van der Waals surface area contributed by atoms with Gasteiger partial charge in [0.1, 0.15) is 11.4 Å². The Bertz CT molecular complexity index is 509. The van der Waals surface area contributed by atoms with E-state index in [1.165, 1.54) is 18.6 Å². The zero-order valence-electron chi connectivity index (χ0n) is 11.2. The van der Waals surface area contributed by atoms with E-state index in [0.717, 1.165) is 37.9 Å². The van der Waals surface area contributed by atoms with Crippen molar-refractivity contribution in [2.45, 2.75) is 44.6 Å². The summed E-state index contributed by atoms with van der Waals surface area (Å²) in [4.78, 5) is 14.7. The van der Waals surface area contributed by atoms with Crippen LogP contribution in [0.1, 0.15) is 39.0 Å². The van der Waals surface area contributed by atoms with Gasteiger partial charge in [0.2, 0.25) is 5.91 Å². The molecule has 4 heteroatoms. The zero-order valence-corrected chi connectivity index (χ0v) is 11.2. The molecule has 1 aliphatic heterocycles. The van der Waals surface area contributed by atoms with E-state index >= 15 is 0 Å². The van der Waals surface area contributed by atoms with Gasteiger partial charge in [-0.25, -0.2) is 4.39 Å². The molecule has 3 nitrogen and oxygen atoms in total. The molecular formula is C15H19FN2O. The van der Waals surface area contributed by atoms with E-state index in [1.54, 1.807) is 6.07 Å². The molecule has 0 unspecified atom stereocenters. The number of carbonyl (C=O) groups excluding carboxylic acids is 1. The van der Waals surface area contributed by atoms with Crippen molar-refractivity contribution in [3.63, 3.8) is 0 Å². The molecule has 2 aliphatic rings. The summed E-state index contributed by atoms with van der Waals surface area (Å²) >= 11 is 0. The van der Waals surface area contributed by atoms with E-state index < -0.39 is 5.54 Å². The number of fused-ring (bicyclic) bond motifs is 1. The summed E-state index contributed by atoms with van der Waals surface area (Å²) in [5.41, 5.74) is 1.13. The van der Waals surface area contributed by atoms with Crippen molar-refractivity contribution in [1.82, 2.24) is 0 Å². The first-order chi connectivity index (χ1) is 9.17. The standard InChI is InChI=1S/C15H19FN2O/c1-2-18-13-7-6-11(16)10-12(13)17-14(19)15(18)8-4-3-5-9-15/h6-7,10H,2-5,8-9H2,1H3,(H,17,19). The number of nitrogens with zero attached hydrogens (tertiary/aromatic N) is 1. The number of carbonyl (C=O) groups is 1. The number of rotatable bonds is 1. The van der Waals surface area contributed by atoms with E-state index in [0.29, 0.717) is 5.69 Å². The highest BCUT2D eigenvalue weighted by Crippen LogP contribution is 2.43. The first kappa shape index (κ1) is 12.5. The largest absolute Gasteiger partial charge is 0.356 e. The number of hydrogen-bond donors (Lipinski definition) is 1. The Hall–Kier alpha value is -1.58. The predicted molar refractivity (Wildman–Crippen MR) is 73.9 cm³/mol. The van der Waals surface area contributed by atoms with Crippen LogP contribution in [0.15, 0.2) is 18.2 Å². The molecule has 1 aliphatic carbocycles. The SMILES string of the molecule is CCN1c2ccc(F)cc2NC(=O)C12CCCCC2. The molecule has 0 bridgehead atoms. The zero-order chi connectivity index (χ0) is 13.5. The van der Waals surface area contributed by atoms with Gasteiger partial charge >= 0.3 is 0 Å². The Morgan fingerprint density at radius 3 is 2.74 bits per heavy atom. The van der Waals surface area contributed by atoms with E-state index in [1.807, 2.05) is 0 Å². The van der Waals surface area contributed by atoms with Crippen LogP contribution in [0.25, 0.3) is 0 Å². The molecule has 1 N–H and O–H groups in total. The van der Waals surface area contributed by atoms with Crippen molar-refractivity contribution in [2.24, 2.45) is 0 Å². The van der Waals surface area contributed by atoms with Crippen molar-refractivity contribution < 1.29 is 9.18 Å². The van der Waals surface area contributed by atoms with Crippen molar-refractivity contribution in [3.05, 3.63) is 24.0 Å². The van der Waals surface area contributed by atoms with Crippen molar-refractivity contribution in [3.8, 4) is 0 Å². The van der Waals surface area contributed by atoms with Crippen LogP contribution in [-0.2, 0) is 4.79 Å². The first-order valence-electron chi connectivity index (χ1n) is 7.06. The van der Waals surface area contributed by atoms with Gasteiger partial charge in [-0.2, -0.15) is 0 Å². The third kappa shape index (κ3) is 1.81. The van der Waals surface area contributed by atoms with Gasteiger partial charge < -0.3 is 10.2 Å². The van der Waals surface area contributed by atoms with Crippen LogP contribution >= 0.6 is 0 Å². The third-order valence-corrected chi connectivity index (χ3v) is 4.43. The Balaban J connectivity index is 2.08. The first-order valence-corrected chi connectivity index (χ1v) is 7.06. The molecule has 1 aromatic carbocycles. The highest BCUT2D eigenvalue weighted by molar-refractivity contribution is 6.06. The fourth-order valence-corrected chi connectivity index (χ4v) is 3.54. The van der Waals surface area contributed by atoms with E-state index in [4.69, 9.17) is 0 Å². The minimum atomic E-state index is -0.419. The molecular weight excluding hydrogens is 243 g/mol. The van der Waals surface area contributed by atoms with Crippen LogP contribution in [0.4, 0.5) is 15.8 Å². The molecule has 102 valence electrons. The predicted octanol–water partition coefficient (Wildman–Crippen LogP) is 3.31. The monoisotopic (exact) mass is 262 g/mol. The number of benzene rings is 1. The minimum Gasteiger partial charge on any atom is -0.356 e. The maximum Gasteiger partial charge on any atom is 0.250 e. The molecule has 0 saturated heterocycles. The molecule has 19 heavy (non-hydrogen) atoms. The summed E-state index contributed by atoms with van der Waals surface area (Å²) in [7, 11) is 0. The number of anilines is 2. The van der Waals surface area contributed by atoms with Crippen LogP contribution in [0.3, 0.4) is 0 Å². The Kier molecular flexibility index (Phi) is 2.96. The minimum absolute atomic E-state index is 0.0344. The number of nitrogens with one attached hydrogen (secondary N) is 1. The number of hydrogen-bond acceptors (Lipinski definition) is 2. The molecule has 0 aromatic heterocycles. The lowest BCUT2D eigenvalue weighted by Gasteiger charge is -2.49. The van der Waals surface area contributed by atoms with Gasteiger partial charge in [0, 0.05) is 6.54 Å². The molecule has 1 heterocycles. The van der Waals surface area contributed by atoms with Crippen LogP contribution in [0.2, 0.25) is 0 Å².